The van der Waals surface area contributed by atoms with Crippen LogP contribution >= 0.6 is 34.5 Å². The van der Waals surface area contributed by atoms with E-state index in [-0.39, 0.29) is 5.91 Å². The molecule has 3 rings (SSSR count). The van der Waals surface area contributed by atoms with Crippen LogP contribution in [0.3, 0.4) is 0 Å². The van der Waals surface area contributed by atoms with Crippen LogP contribution in [0.2, 0.25) is 10.0 Å². The predicted molar refractivity (Wildman–Crippen MR) is 114 cm³/mol. The van der Waals surface area contributed by atoms with Crippen LogP contribution in [0.1, 0.15) is 48.0 Å². The summed E-state index contributed by atoms with van der Waals surface area (Å²) in [5.74, 6) is -0.0684. The molecular weight excluding hydrogens is 401 g/mol. The number of likely N-dealkylation sites (tertiary alicyclic amines) is 1. The van der Waals surface area contributed by atoms with E-state index in [2.05, 4.69) is 22.1 Å². The van der Waals surface area contributed by atoms with E-state index in [1.54, 1.807) is 18.2 Å². The maximum Gasteiger partial charge on any atom is 0.263 e. The van der Waals surface area contributed by atoms with Crippen LogP contribution in [-0.2, 0) is 0 Å². The Labute approximate surface area is 174 Å². The fourth-order valence-electron chi connectivity index (χ4n) is 3.44. The number of halogens is 2. The highest BCUT2D eigenvalue weighted by Crippen LogP contribution is 2.34. The number of nitrogens with zero attached hydrogens (tertiary/aromatic N) is 2. The second-order valence-corrected chi connectivity index (χ2v) is 8.89. The molecule has 146 valence electrons. The Kier molecular flexibility index (Phi) is 7.15. The van der Waals surface area contributed by atoms with Gasteiger partial charge in [0, 0.05) is 29.7 Å². The van der Waals surface area contributed by atoms with E-state index < -0.39 is 0 Å². The number of benzene rings is 1. The molecule has 0 bridgehead atoms. The first kappa shape index (κ1) is 20.6. The topological polar surface area (TPSA) is 45.2 Å². The van der Waals surface area contributed by atoms with Crippen LogP contribution in [0.5, 0.6) is 0 Å². The molecule has 1 amide bonds. The molecule has 1 N–H and O–H groups in total. The van der Waals surface area contributed by atoms with Gasteiger partial charge in [-0.1, -0.05) is 29.6 Å². The number of nitrogens with one attached hydrogen (secondary N) is 1. The molecule has 1 unspecified atom stereocenters. The van der Waals surface area contributed by atoms with Crippen LogP contribution in [0.4, 0.5) is 0 Å². The number of piperidine rings is 1. The predicted octanol–water partition coefficient (Wildman–Crippen LogP) is 5.42. The molecule has 7 heteroatoms. The van der Waals surface area contributed by atoms with Gasteiger partial charge in [-0.2, -0.15) is 0 Å². The molecule has 1 aliphatic rings. The van der Waals surface area contributed by atoms with Gasteiger partial charge in [0.25, 0.3) is 5.91 Å². The molecule has 1 aromatic heterocycles. The van der Waals surface area contributed by atoms with Gasteiger partial charge in [-0.15, -0.1) is 11.3 Å². The van der Waals surface area contributed by atoms with E-state index in [4.69, 9.17) is 23.2 Å². The van der Waals surface area contributed by atoms with E-state index in [1.807, 2.05) is 6.92 Å². The molecule has 1 atom stereocenters. The highest BCUT2D eigenvalue weighted by molar-refractivity contribution is 7.17. The number of thiazole rings is 1. The third-order valence-electron chi connectivity index (χ3n) is 5.01. The minimum absolute atomic E-state index is 0.0684. The second-order valence-electron chi connectivity index (χ2n) is 7.05. The van der Waals surface area contributed by atoms with E-state index in [0.717, 1.165) is 18.5 Å². The molecule has 0 radical (unpaired) electrons. The van der Waals surface area contributed by atoms with Crippen LogP contribution in [0, 0.1) is 6.92 Å². The number of carbonyl (C=O) groups excluding carboxylic acids is 1. The van der Waals surface area contributed by atoms with Crippen molar-refractivity contribution in [1.29, 1.82) is 0 Å². The van der Waals surface area contributed by atoms with Crippen molar-refractivity contribution in [2.45, 2.75) is 45.6 Å². The van der Waals surface area contributed by atoms with Gasteiger partial charge in [0.1, 0.15) is 9.88 Å². The van der Waals surface area contributed by atoms with Gasteiger partial charge in [-0.05, 0) is 57.9 Å². The third kappa shape index (κ3) is 5.23. The molecule has 1 saturated heterocycles. The van der Waals surface area contributed by atoms with E-state index in [1.165, 1.54) is 37.1 Å². The van der Waals surface area contributed by atoms with Crippen molar-refractivity contribution in [3.63, 3.8) is 0 Å². The summed E-state index contributed by atoms with van der Waals surface area (Å²) in [6.45, 7) is 7.02. The number of hydrogen-bond acceptors (Lipinski definition) is 4. The fraction of sp³-hybridized carbons (Fsp3) is 0.500. The van der Waals surface area contributed by atoms with Gasteiger partial charge in [0.15, 0.2) is 0 Å². The molecule has 27 heavy (non-hydrogen) atoms. The minimum Gasteiger partial charge on any atom is -0.351 e. The van der Waals surface area contributed by atoms with E-state index in [0.29, 0.717) is 38.2 Å². The van der Waals surface area contributed by atoms with Crippen molar-refractivity contribution in [3.8, 4) is 10.6 Å². The molecule has 1 aromatic carbocycles. The number of amides is 1. The van der Waals surface area contributed by atoms with Gasteiger partial charge < -0.3 is 10.2 Å². The van der Waals surface area contributed by atoms with Crippen molar-refractivity contribution in [3.05, 3.63) is 38.8 Å². The maximum atomic E-state index is 12.6. The molecule has 2 heterocycles. The molecule has 1 aliphatic heterocycles. The summed E-state index contributed by atoms with van der Waals surface area (Å²) >= 11 is 13.7. The summed E-state index contributed by atoms with van der Waals surface area (Å²) in [6, 6.07) is 5.93. The number of rotatable bonds is 6. The Morgan fingerprint density at radius 1 is 1.37 bits per heavy atom. The zero-order chi connectivity index (χ0) is 19.4. The largest absolute Gasteiger partial charge is 0.351 e. The van der Waals surface area contributed by atoms with Crippen molar-refractivity contribution < 1.29 is 4.79 Å². The molecule has 0 aliphatic carbocycles. The first-order valence-electron chi connectivity index (χ1n) is 9.41. The highest BCUT2D eigenvalue weighted by Gasteiger charge is 2.19. The molecule has 2 aromatic rings. The van der Waals surface area contributed by atoms with Gasteiger partial charge in [0.2, 0.25) is 0 Å². The summed E-state index contributed by atoms with van der Waals surface area (Å²) in [5.41, 5.74) is 1.48. The van der Waals surface area contributed by atoms with Gasteiger partial charge in [0.05, 0.1) is 10.7 Å². The van der Waals surface area contributed by atoms with Crippen molar-refractivity contribution in [1.82, 2.24) is 15.2 Å². The lowest BCUT2D eigenvalue weighted by atomic mass is 10.0. The Morgan fingerprint density at radius 2 is 2.19 bits per heavy atom. The normalized spacial score (nSPS) is 17.9. The molecular formula is C20H25Cl2N3OS. The van der Waals surface area contributed by atoms with E-state index in [9.17, 15) is 4.79 Å². The summed E-state index contributed by atoms with van der Waals surface area (Å²) in [6.07, 6.45) is 4.85. The smallest absolute Gasteiger partial charge is 0.263 e. The zero-order valence-electron chi connectivity index (χ0n) is 15.7. The molecule has 0 spiro atoms. The monoisotopic (exact) mass is 425 g/mol. The van der Waals surface area contributed by atoms with Crippen LogP contribution in [0.15, 0.2) is 18.2 Å². The number of hydrogen-bond donors (Lipinski definition) is 1. The first-order valence-corrected chi connectivity index (χ1v) is 11.0. The average molecular weight is 426 g/mol. The third-order valence-corrected chi connectivity index (χ3v) is 6.76. The number of carbonyl (C=O) groups is 1. The lowest BCUT2D eigenvalue weighted by molar-refractivity contribution is 0.0952. The SMILES string of the molecule is Cc1nc(-c2cc(Cl)ccc2Cl)sc1C(=O)NCCCN1CCCCC1C. The first-order chi connectivity index (χ1) is 13.0. The quantitative estimate of drug-likeness (QED) is 0.628. The molecule has 0 saturated carbocycles. The maximum absolute atomic E-state index is 12.6. The van der Waals surface area contributed by atoms with Gasteiger partial charge >= 0.3 is 0 Å². The minimum atomic E-state index is -0.0684. The van der Waals surface area contributed by atoms with E-state index >= 15 is 0 Å². The number of aromatic nitrogens is 1. The summed E-state index contributed by atoms with van der Waals surface area (Å²) in [7, 11) is 0. The Hall–Kier alpha value is -1.14. The van der Waals surface area contributed by atoms with Gasteiger partial charge in [-0.3, -0.25) is 4.79 Å². The van der Waals surface area contributed by atoms with Crippen molar-refractivity contribution in [2.24, 2.45) is 0 Å². The Morgan fingerprint density at radius 3 is 2.96 bits per heavy atom. The van der Waals surface area contributed by atoms with Crippen LogP contribution < -0.4 is 5.32 Å². The van der Waals surface area contributed by atoms with Crippen LogP contribution in [-0.4, -0.2) is 41.5 Å². The summed E-state index contributed by atoms with van der Waals surface area (Å²) in [4.78, 5) is 20.2. The number of aryl methyl sites for hydroxylation is 1. The Balaban J connectivity index is 1.57. The molecule has 4 nitrogen and oxygen atoms in total. The lowest BCUT2D eigenvalue weighted by Crippen LogP contribution is -2.39. The lowest BCUT2D eigenvalue weighted by Gasteiger charge is -2.33. The fourth-order valence-corrected chi connectivity index (χ4v) is 4.89. The standard InChI is InChI=1S/C20H25Cl2N3OS/c1-13-6-3-4-10-25(13)11-5-9-23-19(26)18-14(2)24-20(27-18)16-12-15(21)7-8-17(16)22/h7-8,12-13H,3-6,9-11H2,1-2H3,(H,23,26). The second kappa shape index (κ2) is 9.37. The summed E-state index contributed by atoms with van der Waals surface area (Å²) in [5, 5.41) is 4.92. The Bertz CT molecular complexity index is 809. The van der Waals surface area contributed by atoms with Crippen molar-refractivity contribution >= 4 is 40.4 Å². The average Bonchev–Trinajstić information content (AvgIpc) is 3.03. The summed E-state index contributed by atoms with van der Waals surface area (Å²) < 4.78 is 0. The zero-order valence-corrected chi connectivity index (χ0v) is 18.1. The van der Waals surface area contributed by atoms with Crippen LogP contribution in [0.25, 0.3) is 10.6 Å². The highest BCUT2D eigenvalue weighted by atomic mass is 35.5. The van der Waals surface area contributed by atoms with Crippen molar-refractivity contribution in [2.75, 3.05) is 19.6 Å². The van der Waals surface area contributed by atoms with Gasteiger partial charge in [-0.25, -0.2) is 4.98 Å². The molecule has 1 fully saturated rings.